The fourth-order valence-corrected chi connectivity index (χ4v) is 3.54. The van der Waals surface area contributed by atoms with Crippen molar-refractivity contribution in [1.29, 1.82) is 0 Å². The summed E-state index contributed by atoms with van der Waals surface area (Å²) in [7, 11) is 0. The number of nitrogens with zero attached hydrogens (tertiary/aromatic N) is 2. The van der Waals surface area contributed by atoms with Gasteiger partial charge in [-0.05, 0) is 30.0 Å². The molecule has 118 valence electrons. The monoisotopic (exact) mass is 316 g/mol. The second-order valence-electron chi connectivity index (χ2n) is 5.71. The number of piperazine rings is 1. The number of hydrogen-bond acceptors (Lipinski definition) is 4. The maximum atomic E-state index is 5.75. The van der Waals surface area contributed by atoms with Gasteiger partial charge in [0.1, 0.15) is 5.75 Å². The van der Waals surface area contributed by atoms with Crippen LogP contribution in [-0.2, 0) is 6.54 Å². The summed E-state index contributed by atoms with van der Waals surface area (Å²) in [6.45, 7) is 7.77. The first-order valence-electron chi connectivity index (χ1n) is 8.05. The highest BCUT2D eigenvalue weighted by Crippen LogP contribution is 2.14. The Hall–Kier alpha value is -1.36. The SMILES string of the molecule is c1ccc(OCCCN2CCN(Cc3cccs3)CC2)cc1. The van der Waals surface area contributed by atoms with Crippen molar-refractivity contribution in [3.63, 3.8) is 0 Å². The van der Waals surface area contributed by atoms with Gasteiger partial charge in [-0.15, -0.1) is 11.3 Å². The summed E-state index contributed by atoms with van der Waals surface area (Å²) >= 11 is 1.86. The molecule has 1 aliphatic rings. The Labute approximate surface area is 137 Å². The van der Waals surface area contributed by atoms with Crippen LogP contribution in [0, 0.1) is 0 Å². The van der Waals surface area contributed by atoms with E-state index in [1.54, 1.807) is 0 Å². The molecule has 1 fully saturated rings. The van der Waals surface area contributed by atoms with E-state index in [0.29, 0.717) is 0 Å². The molecule has 0 bridgehead atoms. The topological polar surface area (TPSA) is 15.7 Å². The molecule has 0 saturated carbocycles. The van der Waals surface area contributed by atoms with Gasteiger partial charge in [0.25, 0.3) is 0 Å². The number of rotatable bonds is 7. The highest BCUT2D eigenvalue weighted by molar-refractivity contribution is 7.09. The van der Waals surface area contributed by atoms with E-state index in [1.165, 1.54) is 31.1 Å². The van der Waals surface area contributed by atoms with Crippen LogP contribution in [0.25, 0.3) is 0 Å². The van der Waals surface area contributed by atoms with E-state index < -0.39 is 0 Å². The normalized spacial score (nSPS) is 16.7. The number of thiophene rings is 1. The first-order valence-corrected chi connectivity index (χ1v) is 8.93. The Bertz CT molecular complexity index is 521. The van der Waals surface area contributed by atoms with Gasteiger partial charge in [-0.1, -0.05) is 24.3 Å². The molecule has 1 saturated heterocycles. The summed E-state index contributed by atoms with van der Waals surface area (Å²) in [6.07, 6.45) is 1.10. The van der Waals surface area contributed by atoms with E-state index in [9.17, 15) is 0 Å². The van der Waals surface area contributed by atoms with Crippen molar-refractivity contribution in [1.82, 2.24) is 9.80 Å². The molecule has 0 atom stereocenters. The van der Waals surface area contributed by atoms with E-state index in [1.807, 2.05) is 41.7 Å². The van der Waals surface area contributed by atoms with Crippen molar-refractivity contribution in [2.24, 2.45) is 0 Å². The molecular weight excluding hydrogens is 292 g/mol. The Kier molecular flexibility index (Phi) is 5.87. The zero-order valence-electron chi connectivity index (χ0n) is 13.0. The highest BCUT2D eigenvalue weighted by Gasteiger charge is 2.16. The first-order chi connectivity index (χ1) is 10.9. The molecule has 4 heteroatoms. The van der Waals surface area contributed by atoms with Crippen LogP contribution in [0.15, 0.2) is 47.8 Å². The van der Waals surface area contributed by atoms with Crippen LogP contribution in [0.1, 0.15) is 11.3 Å². The predicted molar refractivity (Wildman–Crippen MR) is 92.6 cm³/mol. The van der Waals surface area contributed by atoms with Gasteiger partial charge in [-0.2, -0.15) is 0 Å². The fourth-order valence-electron chi connectivity index (χ4n) is 2.79. The van der Waals surface area contributed by atoms with Crippen LogP contribution in [0.3, 0.4) is 0 Å². The Morgan fingerprint density at radius 1 is 0.909 bits per heavy atom. The molecule has 0 unspecified atom stereocenters. The van der Waals surface area contributed by atoms with Crippen LogP contribution >= 0.6 is 11.3 Å². The van der Waals surface area contributed by atoms with Crippen LogP contribution < -0.4 is 4.74 Å². The summed E-state index contributed by atoms with van der Waals surface area (Å²) < 4.78 is 5.75. The van der Waals surface area contributed by atoms with Crippen molar-refractivity contribution in [2.75, 3.05) is 39.3 Å². The van der Waals surface area contributed by atoms with Crippen LogP contribution in [0.4, 0.5) is 0 Å². The second kappa shape index (κ2) is 8.32. The Morgan fingerprint density at radius 3 is 2.41 bits per heavy atom. The molecule has 2 aromatic rings. The third kappa shape index (κ3) is 4.83. The summed E-state index contributed by atoms with van der Waals surface area (Å²) in [6, 6.07) is 14.5. The standard InChI is InChI=1S/C18H24N2OS/c1-2-6-17(7-3-1)21-14-5-9-19-10-12-20(13-11-19)16-18-8-4-15-22-18/h1-4,6-8,15H,5,9-14,16H2. The van der Waals surface area contributed by atoms with E-state index in [-0.39, 0.29) is 0 Å². The van der Waals surface area contributed by atoms with Gasteiger partial charge in [-0.3, -0.25) is 4.90 Å². The minimum atomic E-state index is 0.805. The Morgan fingerprint density at radius 2 is 1.68 bits per heavy atom. The molecule has 0 amide bonds. The molecule has 1 aromatic carbocycles. The van der Waals surface area contributed by atoms with Gasteiger partial charge in [0, 0.05) is 44.1 Å². The van der Waals surface area contributed by atoms with Crippen molar-refractivity contribution in [2.45, 2.75) is 13.0 Å². The van der Waals surface area contributed by atoms with E-state index in [0.717, 1.165) is 31.9 Å². The van der Waals surface area contributed by atoms with Crippen molar-refractivity contribution in [3.8, 4) is 5.75 Å². The average Bonchev–Trinajstić information content (AvgIpc) is 3.07. The lowest BCUT2D eigenvalue weighted by Crippen LogP contribution is -2.46. The molecule has 22 heavy (non-hydrogen) atoms. The molecule has 2 heterocycles. The molecule has 0 radical (unpaired) electrons. The minimum Gasteiger partial charge on any atom is -0.494 e. The average molecular weight is 316 g/mol. The molecule has 3 nitrogen and oxygen atoms in total. The van der Waals surface area contributed by atoms with E-state index >= 15 is 0 Å². The molecule has 1 aromatic heterocycles. The van der Waals surface area contributed by atoms with E-state index in [2.05, 4.69) is 27.3 Å². The van der Waals surface area contributed by atoms with Crippen molar-refractivity contribution < 1.29 is 4.74 Å². The number of para-hydroxylation sites is 1. The smallest absolute Gasteiger partial charge is 0.119 e. The largest absolute Gasteiger partial charge is 0.494 e. The quantitative estimate of drug-likeness (QED) is 0.729. The lowest BCUT2D eigenvalue weighted by Gasteiger charge is -2.34. The van der Waals surface area contributed by atoms with Gasteiger partial charge >= 0.3 is 0 Å². The van der Waals surface area contributed by atoms with Crippen LogP contribution in [-0.4, -0.2) is 49.1 Å². The predicted octanol–water partition coefficient (Wildman–Crippen LogP) is 3.33. The molecule has 0 N–H and O–H groups in total. The maximum absolute atomic E-state index is 5.75. The zero-order valence-corrected chi connectivity index (χ0v) is 13.8. The molecule has 0 aliphatic carbocycles. The first kappa shape index (κ1) is 15.5. The Balaban J connectivity index is 1.29. The fraction of sp³-hybridized carbons (Fsp3) is 0.444. The van der Waals surface area contributed by atoms with Gasteiger partial charge in [0.05, 0.1) is 6.61 Å². The minimum absolute atomic E-state index is 0.805. The molecule has 0 spiro atoms. The van der Waals surface area contributed by atoms with Gasteiger partial charge in [0.2, 0.25) is 0 Å². The highest BCUT2D eigenvalue weighted by atomic mass is 32.1. The van der Waals surface area contributed by atoms with Gasteiger partial charge < -0.3 is 9.64 Å². The second-order valence-corrected chi connectivity index (χ2v) is 6.74. The van der Waals surface area contributed by atoms with E-state index in [4.69, 9.17) is 4.74 Å². The third-order valence-electron chi connectivity index (χ3n) is 4.06. The van der Waals surface area contributed by atoms with Crippen molar-refractivity contribution >= 4 is 11.3 Å². The van der Waals surface area contributed by atoms with Crippen molar-refractivity contribution in [3.05, 3.63) is 52.7 Å². The number of hydrogen-bond donors (Lipinski definition) is 0. The molecular formula is C18H24N2OS. The maximum Gasteiger partial charge on any atom is 0.119 e. The van der Waals surface area contributed by atoms with Gasteiger partial charge in [0.15, 0.2) is 0 Å². The summed E-state index contributed by atoms with van der Waals surface area (Å²) in [5.74, 6) is 0.975. The third-order valence-corrected chi connectivity index (χ3v) is 4.92. The van der Waals surface area contributed by atoms with Gasteiger partial charge in [-0.25, -0.2) is 0 Å². The molecule has 3 rings (SSSR count). The van der Waals surface area contributed by atoms with Crippen LogP contribution in [0.5, 0.6) is 5.75 Å². The summed E-state index contributed by atoms with van der Waals surface area (Å²) in [5, 5.41) is 2.17. The zero-order chi connectivity index (χ0) is 15.0. The number of benzene rings is 1. The molecule has 1 aliphatic heterocycles. The number of ether oxygens (including phenoxy) is 1. The lowest BCUT2D eigenvalue weighted by atomic mass is 10.3. The lowest BCUT2D eigenvalue weighted by molar-refractivity contribution is 0.122. The summed E-state index contributed by atoms with van der Waals surface area (Å²) in [4.78, 5) is 6.59. The van der Waals surface area contributed by atoms with Crippen LogP contribution in [0.2, 0.25) is 0 Å². The summed E-state index contributed by atoms with van der Waals surface area (Å²) in [5.41, 5.74) is 0.